The smallest absolute Gasteiger partial charge is 0.256 e. The maximum atomic E-state index is 12.7. The Bertz CT molecular complexity index is 655. The molecule has 7 heteroatoms. The van der Waals surface area contributed by atoms with Crippen LogP contribution in [0.15, 0.2) is 18.2 Å². The van der Waals surface area contributed by atoms with E-state index >= 15 is 0 Å². The SMILES string of the molecule is CC(OCC1CCCO1)C(=O)Nc1ccc(Cl)cc1C(=O)N1CCCC1. The number of benzene rings is 1. The fourth-order valence-corrected chi connectivity index (χ4v) is 3.40. The molecule has 2 atom stereocenters. The van der Waals surface area contributed by atoms with Crippen molar-refractivity contribution in [3.8, 4) is 0 Å². The van der Waals surface area contributed by atoms with E-state index < -0.39 is 6.10 Å². The van der Waals surface area contributed by atoms with E-state index in [4.69, 9.17) is 21.1 Å². The maximum Gasteiger partial charge on any atom is 0.256 e. The van der Waals surface area contributed by atoms with Gasteiger partial charge in [-0.2, -0.15) is 0 Å². The number of amides is 2. The third kappa shape index (κ3) is 4.75. The lowest BCUT2D eigenvalue weighted by atomic mass is 10.1. The molecule has 0 aromatic heterocycles. The van der Waals surface area contributed by atoms with Gasteiger partial charge in [-0.3, -0.25) is 9.59 Å². The van der Waals surface area contributed by atoms with Gasteiger partial charge < -0.3 is 19.7 Å². The molecule has 2 fully saturated rings. The zero-order chi connectivity index (χ0) is 18.5. The van der Waals surface area contributed by atoms with Crippen LogP contribution in [0.1, 0.15) is 43.0 Å². The van der Waals surface area contributed by atoms with Crippen LogP contribution in [0.4, 0.5) is 5.69 Å². The molecule has 2 saturated heterocycles. The third-order valence-electron chi connectivity index (χ3n) is 4.79. The molecule has 1 aromatic carbocycles. The summed E-state index contributed by atoms with van der Waals surface area (Å²) in [5.41, 5.74) is 0.878. The van der Waals surface area contributed by atoms with Crippen molar-refractivity contribution in [2.24, 2.45) is 0 Å². The number of carbonyl (C=O) groups is 2. The van der Waals surface area contributed by atoms with Gasteiger partial charge in [0.1, 0.15) is 6.10 Å². The highest BCUT2D eigenvalue weighted by Crippen LogP contribution is 2.24. The lowest BCUT2D eigenvalue weighted by Gasteiger charge is -2.20. The number of halogens is 1. The topological polar surface area (TPSA) is 67.9 Å². The highest BCUT2D eigenvalue weighted by Gasteiger charge is 2.25. The number of hydrogen-bond acceptors (Lipinski definition) is 4. The van der Waals surface area contributed by atoms with Gasteiger partial charge in [-0.15, -0.1) is 0 Å². The van der Waals surface area contributed by atoms with Crippen LogP contribution in [0, 0.1) is 0 Å². The molecular formula is C19H25ClN2O4. The van der Waals surface area contributed by atoms with Gasteiger partial charge in [-0.25, -0.2) is 0 Å². The molecule has 142 valence electrons. The molecule has 2 unspecified atom stereocenters. The van der Waals surface area contributed by atoms with Gasteiger partial charge >= 0.3 is 0 Å². The molecule has 2 aliphatic heterocycles. The Morgan fingerprint density at radius 3 is 2.81 bits per heavy atom. The van der Waals surface area contributed by atoms with Crippen molar-refractivity contribution in [2.75, 3.05) is 31.6 Å². The monoisotopic (exact) mass is 380 g/mol. The van der Waals surface area contributed by atoms with Crippen LogP contribution in [-0.4, -0.2) is 55.2 Å². The first kappa shape index (κ1) is 19.1. The average Bonchev–Trinajstić information content (AvgIpc) is 3.34. The zero-order valence-electron chi connectivity index (χ0n) is 15.0. The molecule has 3 rings (SSSR count). The van der Waals surface area contributed by atoms with Gasteiger partial charge in [0.2, 0.25) is 0 Å². The number of rotatable bonds is 6. The Hall–Kier alpha value is -1.63. The summed E-state index contributed by atoms with van der Waals surface area (Å²) in [6.45, 7) is 4.32. The largest absolute Gasteiger partial charge is 0.376 e. The molecule has 0 radical (unpaired) electrons. The van der Waals surface area contributed by atoms with Crippen molar-refractivity contribution in [3.05, 3.63) is 28.8 Å². The fourth-order valence-electron chi connectivity index (χ4n) is 3.23. The van der Waals surface area contributed by atoms with Crippen LogP contribution >= 0.6 is 11.6 Å². The van der Waals surface area contributed by atoms with E-state index in [0.29, 0.717) is 22.9 Å². The average molecular weight is 381 g/mol. The molecule has 26 heavy (non-hydrogen) atoms. The number of likely N-dealkylation sites (tertiary alicyclic amines) is 1. The quantitative estimate of drug-likeness (QED) is 0.823. The van der Waals surface area contributed by atoms with Gasteiger partial charge in [0, 0.05) is 24.7 Å². The molecule has 2 heterocycles. The van der Waals surface area contributed by atoms with Crippen molar-refractivity contribution in [1.82, 2.24) is 4.90 Å². The van der Waals surface area contributed by atoms with Gasteiger partial charge in [0.25, 0.3) is 11.8 Å². The predicted octanol–water partition coefficient (Wildman–Crippen LogP) is 3.10. The Labute approximate surface area is 158 Å². The van der Waals surface area contributed by atoms with Crippen LogP contribution in [0.3, 0.4) is 0 Å². The minimum absolute atomic E-state index is 0.0630. The first-order valence-corrected chi connectivity index (χ1v) is 9.55. The highest BCUT2D eigenvalue weighted by atomic mass is 35.5. The minimum Gasteiger partial charge on any atom is -0.376 e. The van der Waals surface area contributed by atoms with E-state index in [1.807, 2.05) is 0 Å². The molecule has 2 aliphatic rings. The zero-order valence-corrected chi connectivity index (χ0v) is 15.8. The Morgan fingerprint density at radius 2 is 2.12 bits per heavy atom. The second-order valence-corrected chi connectivity index (χ2v) is 7.23. The second kappa shape index (κ2) is 8.84. The summed E-state index contributed by atoms with van der Waals surface area (Å²) >= 11 is 6.07. The molecule has 1 aromatic rings. The molecule has 0 saturated carbocycles. The third-order valence-corrected chi connectivity index (χ3v) is 5.02. The molecule has 0 spiro atoms. The first-order valence-electron chi connectivity index (χ1n) is 9.17. The molecule has 1 N–H and O–H groups in total. The van der Waals surface area contributed by atoms with Crippen molar-refractivity contribution < 1.29 is 19.1 Å². The Kier molecular flexibility index (Phi) is 6.51. The maximum absolute atomic E-state index is 12.7. The standard InChI is InChI=1S/C19H25ClN2O4/c1-13(26-12-15-5-4-10-25-15)18(23)21-17-7-6-14(20)11-16(17)19(24)22-8-2-3-9-22/h6-7,11,13,15H,2-5,8-10,12H2,1H3,(H,21,23). The van der Waals surface area contributed by atoms with E-state index in [2.05, 4.69) is 5.32 Å². The van der Waals surface area contributed by atoms with E-state index in [-0.39, 0.29) is 17.9 Å². The van der Waals surface area contributed by atoms with Crippen LogP contribution in [0.2, 0.25) is 5.02 Å². The highest BCUT2D eigenvalue weighted by molar-refractivity contribution is 6.31. The summed E-state index contributed by atoms with van der Waals surface area (Å²) in [6.07, 6.45) is 3.42. The molecule has 0 bridgehead atoms. The van der Waals surface area contributed by atoms with E-state index in [9.17, 15) is 9.59 Å². The van der Waals surface area contributed by atoms with E-state index in [0.717, 1.165) is 45.4 Å². The summed E-state index contributed by atoms with van der Waals surface area (Å²) in [4.78, 5) is 27.0. The lowest BCUT2D eigenvalue weighted by Crippen LogP contribution is -2.32. The van der Waals surface area contributed by atoms with Crippen LogP contribution in [0.25, 0.3) is 0 Å². The normalized spacial score (nSPS) is 21.0. The van der Waals surface area contributed by atoms with Gasteiger partial charge in [0.15, 0.2) is 0 Å². The number of anilines is 1. The summed E-state index contributed by atoms with van der Waals surface area (Å²) in [5.74, 6) is -0.394. The second-order valence-electron chi connectivity index (χ2n) is 6.79. The molecule has 6 nitrogen and oxygen atoms in total. The molecule has 2 amide bonds. The number of ether oxygens (including phenoxy) is 2. The van der Waals surface area contributed by atoms with Crippen molar-refractivity contribution >= 4 is 29.1 Å². The first-order chi connectivity index (χ1) is 12.5. The van der Waals surface area contributed by atoms with E-state index in [1.165, 1.54) is 0 Å². The number of hydrogen-bond donors (Lipinski definition) is 1. The number of nitrogens with one attached hydrogen (secondary N) is 1. The molecule has 0 aliphatic carbocycles. The fraction of sp³-hybridized carbons (Fsp3) is 0.579. The summed E-state index contributed by atoms with van der Waals surface area (Å²) in [6, 6.07) is 4.93. The van der Waals surface area contributed by atoms with Crippen LogP contribution in [0.5, 0.6) is 0 Å². The van der Waals surface area contributed by atoms with Crippen LogP contribution in [-0.2, 0) is 14.3 Å². The van der Waals surface area contributed by atoms with Gasteiger partial charge in [0.05, 0.1) is 24.0 Å². The Balaban J connectivity index is 1.64. The Morgan fingerprint density at radius 1 is 1.35 bits per heavy atom. The van der Waals surface area contributed by atoms with Crippen molar-refractivity contribution in [2.45, 2.75) is 44.8 Å². The van der Waals surface area contributed by atoms with Crippen LogP contribution < -0.4 is 5.32 Å². The van der Waals surface area contributed by atoms with E-state index in [1.54, 1.807) is 30.0 Å². The molecular weight excluding hydrogens is 356 g/mol. The predicted molar refractivity (Wildman–Crippen MR) is 99.6 cm³/mol. The minimum atomic E-state index is -0.635. The van der Waals surface area contributed by atoms with Crippen molar-refractivity contribution in [3.63, 3.8) is 0 Å². The van der Waals surface area contributed by atoms with Gasteiger partial charge in [-0.1, -0.05) is 11.6 Å². The lowest BCUT2D eigenvalue weighted by molar-refractivity contribution is -0.128. The summed E-state index contributed by atoms with van der Waals surface area (Å²) in [7, 11) is 0. The number of carbonyl (C=O) groups excluding carboxylic acids is 2. The van der Waals surface area contributed by atoms with Crippen molar-refractivity contribution in [1.29, 1.82) is 0 Å². The number of nitrogens with zero attached hydrogens (tertiary/aromatic N) is 1. The van der Waals surface area contributed by atoms with Gasteiger partial charge in [-0.05, 0) is 50.8 Å². The summed E-state index contributed by atoms with van der Waals surface area (Å²) < 4.78 is 11.1. The summed E-state index contributed by atoms with van der Waals surface area (Å²) in [5, 5.41) is 3.27.